The number of hydrogen-bond acceptors (Lipinski definition) is 4. The average molecular weight is 355 g/mol. The van der Waals surface area contributed by atoms with Gasteiger partial charge in [-0.1, -0.05) is 30.1 Å². The predicted molar refractivity (Wildman–Crippen MR) is 82.2 cm³/mol. The van der Waals surface area contributed by atoms with Crippen molar-refractivity contribution in [3.8, 4) is 0 Å². The highest BCUT2D eigenvalue weighted by molar-refractivity contribution is 7.89. The molecule has 0 saturated heterocycles. The number of primary sulfonamides is 1. The van der Waals surface area contributed by atoms with Crippen molar-refractivity contribution < 1.29 is 17.9 Å². The number of benzene rings is 1. The summed E-state index contributed by atoms with van der Waals surface area (Å²) < 4.78 is 27.7. The lowest BCUT2D eigenvalue weighted by Crippen LogP contribution is -2.41. The molecule has 0 aliphatic heterocycles. The first-order valence-corrected chi connectivity index (χ1v) is 8.24. The zero-order chi connectivity index (χ0) is 16.4. The number of halogens is 2. The Bertz CT molecular complexity index is 634. The van der Waals surface area contributed by atoms with E-state index in [4.69, 9.17) is 33.1 Å². The van der Waals surface area contributed by atoms with Crippen LogP contribution >= 0.6 is 23.2 Å². The van der Waals surface area contributed by atoms with Gasteiger partial charge in [0.25, 0.3) is 5.91 Å². The first-order chi connectivity index (χ1) is 9.55. The summed E-state index contributed by atoms with van der Waals surface area (Å²) in [6.45, 7) is 3.40. The Balaban J connectivity index is 3.20. The summed E-state index contributed by atoms with van der Waals surface area (Å²) in [6.07, 6.45) is 0.430. The number of ether oxygens (including phenoxy) is 1. The molecule has 0 saturated carbocycles. The molecule has 0 bridgehead atoms. The van der Waals surface area contributed by atoms with Gasteiger partial charge in [0.2, 0.25) is 10.0 Å². The van der Waals surface area contributed by atoms with E-state index in [9.17, 15) is 13.2 Å². The molecular formula is C12H16Cl2N2O4S. The minimum atomic E-state index is -3.94. The monoisotopic (exact) mass is 354 g/mol. The van der Waals surface area contributed by atoms with Crippen molar-refractivity contribution in [2.45, 2.75) is 30.8 Å². The third kappa shape index (κ3) is 4.08. The maximum Gasteiger partial charge on any atom is 0.256 e. The fourth-order valence-electron chi connectivity index (χ4n) is 1.48. The molecule has 1 aromatic carbocycles. The molecule has 0 fully saturated rings. The van der Waals surface area contributed by atoms with E-state index in [1.165, 1.54) is 7.11 Å². The molecular weight excluding hydrogens is 339 g/mol. The Morgan fingerprint density at radius 1 is 1.38 bits per heavy atom. The number of carbonyl (C=O) groups is 1. The summed E-state index contributed by atoms with van der Waals surface area (Å²) in [5, 5.41) is 7.48. The van der Waals surface area contributed by atoms with Crippen molar-refractivity contribution in [1.82, 2.24) is 0 Å². The molecule has 3 N–H and O–H groups in total. The van der Waals surface area contributed by atoms with Crippen LogP contribution in [-0.4, -0.2) is 27.0 Å². The van der Waals surface area contributed by atoms with E-state index in [1.807, 2.05) is 0 Å². The number of hydrogen-bond donors (Lipinski definition) is 2. The molecule has 118 valence electrons. The molecule has 0 radical (unpaired) electrons. The van der Waals surface area contributed by atoms with E-state index in [0.29, 0.717) is 6.42 Å². The maximum absolute atomic E-state index is 12.2. The number of rotatable bonds is 5. The summed E-state index contributed by atoms with van der Waals surface area (Å²) in [7, 11) is -2.52. The molecule has 0 spiro atoms. The summed E-state index contributed by atoms with van der Waals surface area (Å²) in [6, 6.07) is 2.24. The number of amides is 1. The summed E-state index contributed by atoms with van der Waals surface area (Å²) in [5.74, 6) is -0.445. The van der Waals surface area contributed by atoms with Crippen LogP contribution in [-0.2, 0) is 19.6 Å². The largest absolute Gasteiger partial charge is 0.369 e. The lowest BCUT2D eigenvalue weighted by molar-refractivity contribution is -0.136. The molecule has 0 aliphatic carbocycles. The van der Waals surface area contributed by atoms with Crippen molar-refractivity contribution in [3.63, 3.8) is 0 Å². The molecule has 0 aliphatic rings. The third-order valence-corrected chi connectivity index (χ3v) is 4.68. The van der Waals surface area contributed by atoms with E-state index >= 15 is 0 Å². The van der Waals surface area contributed by atoms with E-state index < -0.39 is 21.5 Å². The average Bonchev–Trinajstić information content (AvgIpc) is 2.40. The van der Waals surface area contributed by atoms with Gasteiger partial charge in [-0.15, -0.1) is 0 Å². The highest BCUT2D eigenvalue weighted by Crippen LogP contribution is 2.34. The van der Waals surface area contributed by atoms with Crippen LogP contribution in [0.5, 0.6) is 0 Å². The molecule has 6 nitrogen and oxygen atoms in total. The SMILES string of the molecule is CCC(C)(OC)C(=O)Nc1c(Cl)cc(S(N)(=O)=O)cc1Cl. The first kappa shape index (κ1) is 18.2. The summed E-state index contributed by atoms with van der Waals surface area (Å²) in [4.78, 5) is 12.0. The Kier molecular flexibility index (Phi) is 5.63. The van der Waals surface area contributed by atoms with Gasteiger partial charge in [0.1, 0.15) is 5.60 Å². The van der Waals surface area contributed by atoms with Crippen molar-refractivity contribution in [2.24, 2.45) is 5.14 Å². The number of carbonyl (C=O) groups excluding carboxylic acids is 1. The van der Waals surface area contributed by atoms with Gasteiger partial charge in [0.05, 0.1) is 20.6 Å². The minimum Gasteiger partial charge on any atom is -0.369 e. The highest BCUT2D eigenvalue weighted by atomic mass is 35.5. The molecule has 1 rings (SSSR count). The fraction of sp³-hybridized carbons (Fsp3) is 0.417. The Labute approximate surface area is 133 Å². The molecule has 1 amide bonds. The second-order valence-electron chi connectivity index (χ2n) is 4.55. The van der Waals surface area contributed by atoms with Crippen molar-refractivity contribution in [1.29, 1.82) is 0 Å². The molecule has 0 aromatic heterocycles. The zero-order valence-electron chi connectivity index (χ0n) is 11.7. The quantitative estimate of drug-likeness (QED) is 0.847. The lowest BCUT2D eigenvalue weighted by Gasteiger charge is -2.25. The number of sulfonamides is 1. The number of methoxy groups -OCH3 is 1. The van der Waals surface area contributed by atoms with Crippen LogP contribution in [0, 0.1) is 0 Å². The van der Waals surface area contributed by atoms with Gasteiger partial charge in [-0.2, -0.15) is 0 Å². The van der Waals surface area contributed by atoms with Gasteiger partial charge in [-0.05, 0) is 25.5 Å². The van der Waals surface area contributed by atoms with Crippen LogP contribution < -0.4 is 10.5 Å². The third-order valence-electron chi connectivity index (χ3n) is 3.19. The molecule has 1 atom stereocenters. The van der Waals surface area contributed by atoms with Crippen molar-refractivity contribution >= 4 is 44.8 Å². The van der Waals surface area contributed by atoms with Crippen molar-refractivity contribution in [3.05, 3.63) is 22.2 Å². The van der Waals surface area contributed by atoms with Crippen LogP contribution in [0.15, 0.2) is 17.0 Å². The van der Waals surface area contributed by atoms with Crippen LogP contribution in [0.4, 0.5) is 5.69 Å². The van der Waals surface area contributed by atoms with Crippen LogP contribution in [0.3, 0.4) is 0 Å². The fourth-order valence-corrected chi connectivity index (χ4v) is 2.75. The Hall–Kier alpha value is -0.860. The van der Waals surface area contributed by atoms with Crippen LogP contribution in [0.25, 0.3) is 0 Å². The predicted octanol–water partition coefficient (Wildman–Crippen LogP) is 2.39. The standard InChI is InChI=1S/C12H16Cl2N2O4S/c1-4-12(2,20-3)11(17)16-10-8(13)5-7(6-9(10)14)21(15,18)19/h5-6H,4H2,1-3H3,(H,16,17)(H2,15,18,19). The molecule has 9 heteroatoms. The van der Waals surface area contributed by atoms with Crippen LogP contribution in [0.1, 0.15) is 20.3 Å². The summed E-state index contributed by atoms with van der Waals surface area (Å²) in [5.41, 5.74) is -0.946. The van der Waals surface area contributed by atoms with Gasteiger partial charge in [-0.25, -0.2) is 13.6 Å². The maximum atomic E-state index is 12.2. The smallest absolute Gasteiger partial charge is 0.256 e. The zero-order valence-corrected chi connectivity index (χ0v) is 14.1. The lowest BCUT2D eigenvalue weighted by atomic mass is 10.0. The number of anilines is 1. The molecule has 21 heavy (non-hydrogen) atoms. The topological polar surface area (TPSA) is 98.5 Å². The first-order valence-electron chi connectivity index (χ1n) is 5.93. The normalized spacial score (nSPS) is 14.6. The minimum absolute atomic E-state index is 0.0329. The molecule has 0 heterocycles. The van der Waals surface area contributed by atoms with Crippen molar-refractivity contribution in [2.75, 3.05) is 12.4 Å². The highest BCUT2D eigenvalue weighted by Gasteiger charge is 2.32. The Morgan fingerprint density at radius 3 is 2.19 bits per heavy atom. The van der Waals surface area contributed by atoms with Gasteiger partial charge in [0.15, 0.2) is 0 Å². The van der Waals surface area contributed by atoms with E-state index in [1.54, 1.807) is 13.8 Å². The van der Waals surface area contributed by atoms with Gasteiger partial charge in [-0.3, -0.25) is 4.79 Å². The Morgan fingerprint density at radius 2 is 1.86 bits per heavy atom. The van der Waals surface area contributed by atoms with Gasteiger partial charge >= 0.3 is 0 Å². The second kappa shape index (κ2) is 6.50. The number of nitrogens with two attached hydrogens (primary N) is 1. The second-order valence-corrected chi connectivity index (χ2v) is 6.93. The van der Waals surface area contributed by atoms with Gasteiger partial charge in [0, 0.05) is 7.11 Å². The van der Waals surface area contributed by atoms with Gasteiger partial charge < -0.3 is 10.1 Å². The number of nitrogens with one attached hydrogen (secondary N) is 1. The van der Waals surface area contributed by atoms with E-state index in [2.05, 4.69) is 5.32 Å². The molecule has 1 aromatic rings. The van der Waals surface area contributed by atoms with E-state index in [0.717, 1.165) is 12.1 Å². The van der Waals surface area contributed by atoms with E-state index in [-0.39, 0.29) is 20.6 Å². The summed E-state index contributed by atoms with van der Waals surface area (Å²) >= 11 is 11.9. The molecule has 1 unspecified atom stereocenters. The van der Waals surface area contributed by atoms with Crippen LogP contribution in [0.2, 0.25) is 10.0 Å².